The summed E-state index contributed by atoms with van der Waals surface area (Å²) in [7, 11) is 1.56. The highest BCUT2D eigenvalue weighted by molar-refractivity contribution is 6.03. The minimum Gasteiger partial charge on any atom is -0.497 e. The Balaban J connectivity index is 1.45. The van der Waals surface area contributed by atoms with Crippen molar-refractivity contribution in [2.75, 3.05) is 19.0 Å². The molecule has 6 heteroatoms. The number of anilines is 1. The SMILES string of the molecule is COc1cccc(NC(=O)CC(=O)NCCc2c[nH]c3ccccc23)c1. The number of amides is 2. The van der Waals surface area contributed by atoms with Crippen molar-refractivity contribution >= 4 is 28.4 Å². The van der Waals surface area contributed by atoms with E-state index in [4.69, 9.17) is 4.74 Å². The number of methoxy groups -OCH3 is 1. The fourth-order valence-electron chi connectivity index (χ4n) is 2.79. The van der Waals surface area contributed by atoms with Gasteiger partial charge in [-0.3, -0.25) is 9.59 Å². The summed E-state index contributed by atoms with van der Waals surface area (Å²) in [6, 6.07) is 15.0. The van der Waals surface area contributed by atoms with Gasteiger partial charge in [-0.1, -0.05) is 24.3 Å². The normalized spacial score (nSPS) is 10.5. The smallest absolute Gasteiger partial charge is 0.233 e. The molecule has 0 atom stereocenters. The molecule has 2 amide bonds. The Bertz CT molecular complexity index is 917. The van der Waals surface area contributed by atoms with Crippen molar-refractivity contribution in [3.05, 3.63) is 60.3 Å². The molecular weight excluding hydrogens is 330 g/mol. The zero-order valence-electron chi connectivity index (χ0n) is 14.5. The number of ether oxygens (including phenoxy) is 1. The van der Waals surface area contributed by atoms with Crippen LogP contribution in [-0.4, -0.2) is 30.5 Å². The van der Waals surface area contributed by atoms with Crippen LogP contribution in [-0.2, 0) is 16.0 Å². The van der Waals surface area contributed by atoms with Crippen molar-refractivity contribution in [2.45, 2.75) is 12.8 Å². The molecule has 6 nitrogen and oxygen atoms in total. The standard InChI is InChI=1S/C20H21N3O3/c1-26-16-6-4-5-15(11-16)23-20(25)12-19(24)21-10-9-14-13-22-18-8-3-2-7-17(14)18/h2-8,11,13,22H,9-10,12H2,1H3,(H,21,24)(H,23,25). The summed E-state index contributed by atoms with van der Waals surface area (Å²) in [5.74, 6) is -0.0148. The number of benzene rings is 2. The molecule has 0 unspecified atom stereocenters. The summed E-state index contributed by atoms with van der Waals surface area (Å²) in [6.07, 6.45) is 2.44. The molecule has 2 aromatic carbocycles. The zero-order chi connectivity index (χ0) is 18.4. The van der Waals surface area contributed by atoms with Gasteiger partial charge in [-0.15, -0.1) is 0 Å². The lowest BCUT2D eigenvalue weighted by Gasteiger charge is -2.08. The van der Waals surface area contributed by atoms with E-state index >= 15 is 0 Å². The van der Waals surface area contributed by atoms with Gasteiger partial charge in [0.2, 0.25) is 11.8 Å². The van der Waals surface area contributed by atoms with Crippen molar-refractivity contribution < 1.29 is 14.3 Å². The van der Waals surface area contributed by atoms with Crippen molar-refractivity contribution in [1.29, 1.82) is 0 Å². The highest BCUT2D eigenvalue weighted by Crippen LogP contribution is 2.18. The molecule has 134 valence electrons. The van der Waals surface area contributed by atoms with E-state index in [1.54, 1.807) is 31.4 Å². The van der Waals surface area contributed by atoms with Crippen molar-refractivity contribution in [2.24, 2.45) is 0 Å². The van der Waals surface area contributed by atoms with Gasteiger partial charge in [-0.2, -0.15) is 0 Å². The maximum absolute atomic E-state index is 12.0. The fourth-order valence-corrected chi connectivity index (χ4v) is 2.79. The third-order valence-corrected chi connectivity index (χ3v) is 4.07. The number of nitrogens with one attached hydrogen (secondary N) is 3. The van der Waals surface area contributed by atoms with Gasteiger partial charge in [-0.05, 0) is 30.2 Å². The number of H-pyrrole nitrogens is 1. The van der Waals surface area contributed by atoms with E-state index in [1.807, 2.05) is 30.5 Å². The highest BCUT2D eigenvalue weighted by Gasteiger charge is 2.10. The van der Waals surface area contributed by atoms with E-state index in [0.717, 1.165) is 16.5 Å². The first-order chi connectivity index (χ1) is 12.7. The molecule has 0 spiro atoms. The van der Waals surface area contributed by atoms with Gasteiger partial charge in [-0.25, -0.2) is 0 Å². The average Bonchev–Trinajstić information content (AvgIpc) is 3.05. The van der Waals surface area contributed by atoms with Gasteiger partial charge < -0.3 is 20.4 Å². The van der Waals surface area contributed by atoms with Crippen molar-refractivity contribution in [3.8, 4) is 5.75 Å². The Morgan fingerprint density at radius 3 is 2.77 bits per heavy atom. The number of aromatic amines is 1. The Morgan fingerprint density at radius 2 is 1.92 bits per heavy atom. The molecule has 0 bridgehead atoms. The van der Waals surface area contributed by atoms with Crippen LogP contribution in [0.1, 0.15) is 12.0 Å². The van der Waals surface area contributed by atoms with Crippen LogP contribution in [0.2, 0.25) is 0 Å². The molecule has 0 fully saturated rings. The minimum atomic E-state index is -0.358. The number of fused-ring (bicyclic) bond motifs is 1. The highest BCUT2D eigenvalue weighted by atomic mass is 16.5. The second-order valence-electron chi connectivity index (χ2n) is 5.92. The summed E-state index contributed by atoms with van der Waals surface area (Å²) in [5.41, 5.74) is 2.81. The quantitative estimate of drug-likeness (QED) is 0.572. The number of carbonyl (C=O) groups is 2. The van der Waals surface area contributed by atoms with Gasteiger partial charge in [0.25, 0.3) is 0 Å². The maximum Gasteiger partial charge on any atom is 0.233 e. The van der Waals surface area contributed by atoms with Gasteiger partial charge in [0.1, 0.15) is 12.2 Å². The van der Waals surface area contributed by atoms with E-state index < -0.39 is 0 Å². The third-order valence-electron chi connectivity index (χ3n) is 4.07. The van der Waals surface area contributed by atoms with E-state index in [-0.39, 0.29) is 18.2 Å². The van der Waals surface area contributed by atoms with E-state index in [2.05, 4.69) is 15.6 Å². The van der Waals surface area contributed by atoms with Gasteiger partial charge >= 0.3 is 0 Å². The third kappa shape index (κ3) is 4.42. The number of para-hydroxylation sites is 1. The van der Waals surface area contributed by atoms with Gasteiger partial charge in [0, 0.05) is 35.4 Å². The van der Waals surface area contributed by atoms with Gasteiger partial charge in [0.05, 0.1) is 7.11 Å². The van der Waals surface area contributed by atoms with Crippen LogP contribution in [0, 0.1) is 0 Å². The Hall–Kier alpha value is -3.28. The maximum atomic E-state index is 12.0. The molecule has 0 radical (unpaired) electrons. The first kappa shape index (κ1) is 17.5. The molecular formula is C20H21N3O3. The summed E-state index contributed by atoms with van der Waals surface area (Å²) >= 11 is 0. The number of aromatic nitrogens is 1. The Morgan fingerprint density at radius 1 is 1.08 bits per heavy atom. The zero-order valence-corrected chi connectivity index (χ0v) is 14.5. The van der Waals surface area contributed by atoms with Crippen LogP contribution in [0.5, 0.6) is 5.75 Å². The molecule has 3 rings (SSSR count). The second kappa shape index (κ2) is 8.20. The van der Waals surface area contributed by atoms with E-state index in [1.165, 1.54) is 0 Å². The summed E-state index contributed by atoms with van der Waals surface area (Å²) < 4.78 is 5.10. The molecule has 0 aliphatic heterocycles. The molecule has 0 aliphatic rings. The summed E-state index contributed by atoms with van der Waals surface area (Å²) in [5, 5.41) is 6.63. The molecule has 26 heavy (non-hydrogen) atoms. The van der Waals surface area contributed by atoms with Gasteiger partial charge in [0.15, 0.2) is 0 Å². The molecule has 0 aliphatic carbocycles. The lowest BCUT2D eigenvalue weighted by molar-refractivity contribution is -0.126. The Kier molecular flexibility index (Phi) is 5.53. The van der Waals surface area contributed by atoms with Crippen LogP contribution in [0.3, 0.4) is 0 Å². The average molecular weight is 351 g/mol. The van der Waals surface area contributed by atoms with E-state index in [9.17, 15) is 9.59 Å². The van der Waals surface area contributed by atoms with Crippen molar-refractivity contribution in [3.63, 3.8) is 0 Å². The summed E-state index contributed by atoms with van der Waals surface area (Å²) in [6.45, 7) is 0.479. The largest absolute Gasteiger partial charge is 0.497 e. The molecule has 3 N–H and O–H groups in total. The number of hydrogen-bond donors (Lipinski definition) is 3. The molecule has 1 aromatic heterocycles. The predicted octanol–water partition coefficient (Wildman–Crippen LogP) is 2.86. The summed E-state index contributed by atoms with van der Waals surface area (Å²) in [4.78, 5) is 27.1. The first-order valence-corrected chi connectivity index (χ1v) is 8.41. The van der Waals surface area contributed by atoms with Crippen LogP contribution < -0.4 is 15.4 Å². The number of hydrogen-bond acceptors (Lipinski definition) is 3. The van der Waals surface area contributed by atoms with Crippen LogP contribution in [0.15, 0.2) is 54.7 Å². The topological polar surface area (TPSA) is 83.2 Å². The number of carbonyl (C=O) groups excluding carboxylic acids is 2. The lowest BCUT2D eigenvalue weighted by atomic mass is 10.1. The second-order valence-corrected chi connectivity index (χ2v) is 5.92. The van der Waals surface area contributed by atoms with Crippen LogP contribution in [0.25, 0.3) is 10.9 Å². The molecule has 0 saturated heterocycles. The Labute approximate surface area is 151 Å². The lowest BCUT2D eigenvalue weighted by Crippen LogP contribution is -2.29. The van der Waals surface area contributed by atoms with Crippen molar-refractivity contribution in [1.82, 2.24) is 10.3 Å². The molecule has 1 heterocycles. The van der Waals surface area contributed by atoms with E-state index in [0.29, 0.717) is 24.4 Å². The minimum absolute atomic E-state index is 0.217. The fraction of sp³-hybridized carbons (Fsp3) is 0.200. The number of rotatable bonds is 7. The monoisotopic (exact) mass is 351 g/mol. The van der Waals surface area contributed by atoms with Crippen LogP contribution >= 0.6 is 0 Å². The molecule has 3 aromatic rings. The van der Waals surface area contributed by atoms with Crippen LogP contribution in [0.4, 0.5) is 5.69 Å². The first-order valence-electron chi connectivity index (χ1n) is 8.41. The predicted molar refractivity (Wildman–Crippen MR) is 101 cm³/mol. The molecule has 0 saturated carbocycles.